The fraction of sp³-hybridized carbons (Fsp3) is 0.519. The van der Waals surface area contributed by atoms with Crippen LogP contribution >= 0.6 is 0 Å². The molecule has 30 N–H and O–H groups in total. The highest BCUT2D eigenvalue weighted by Crippen LogP contribution is 2.22. The van der Waals surface area contributed by atoms with Gasteiger partial charge in [-0.1, -0.05) is 93.8 Å². The lowest BCUT2D eigenvalue weighted by Crippen LogP contribution is -2.61. The number of hydrogen-bond donors (Lipinski definition) is 24. The standard InChI is InChI=1S/C79H123N25O14/c1-7-41-117-53-31-27-51(28-32-53)45-61(95-49(6)105)71(112)102-63(46-52-29-33-54(34-30-52)118-42-8-2)73(114)103-62(44-50-19-10-9-11-20-50)72(113)99-58(24-16-38-92-78(86)87)69(110)101-60(43-47(3)4)70(111)98-57(23-15-37-91-77(84)85)68(109)97-56(22-14-36-90-76(82)83)67(108)94-48(5)66(107)100-59(25-17-39-93-79(88)89)75(116)104-40-18-26-64(104)74(115)96-55(65(81)106)21-12-13-35-80/h7-11,19-20,27-34,47-48,55-64H,1-2,12-18,21-26,35-46,80H2,3-6H3,(H2,81,106)(H,94,108)(H,95,105)(H,96,115)(H,97,109)(H,98,111)(H,99,113)(H,100,107)(H,101,110)(H,102,112)(H,103,114)(H4,82,83,90)(H4,84,85,91)(H4,86,87,92)(H4,88,89,93)/t48-,55+,56+,57+,58+,59+,60+,61+,62+,63+,64+/m1/s1. The smallest absolute Gasteiger partial charge is 0.245 e. The number of unbranched alkanes of at least 4 members (excludes halogenated alkanes) is 1. The van der Waals surface area contributed by atoms with Crippen molar-refractivity contribution < 1.29 is 67.0 Å². The number of likely N-dealkylation sites (tertiary alicyclic amines) is 1. The van der Waals surface area contributed by atoms with E-state index in [4.69, 9.17) is 65.5 Å². The number of rotatable bonds is 55. The Morgan fingerprint density at radius 1 is 0.441 bits per heavy atom. The molecule has 0 bridgehead atoms. The zero-order valence-electron chi connectivity index (χ0n) is 67.8. The van der Waals surface area contributed by atoms with Crippen LogP contribution in [0.1, 0.15) is 134 Å². The fourth-order valence-corrected chi connectivity index (χ4v) is 12.7. The van der Waals surface area contributed by atoms with Crippen molar-refractivity contribution in [2.24, 2.45) is 40.3 Å². The molecular formula is C79H123N25O14. The Bertz CT molecular complexity index is 3850. The monoisotopic (exact) mass is 1650 g/mol. The van der Waals surface area contributed by atoms with Crippen LogP contribution in [0, 0.1) is 27.6 Å². The highest BCUT2D eigenvalue weighted by molar-refractivity contribution is 6.00. The van der Waals surface area contributed by atoms with Gasteiger partial charge >= 0.3 is 0 Å². The van der Waals surface area contributed by atoms with Gasteiger partial charge in [0, 0.05) is 58.9 Å². The average molecular weight is 1650 g/mol. The third-order valence-electron chi connectivity index (χ3n) is 18.7. The summed E-state index contributed by atoms with van der Waals surface area (Å²) < 4.78 is 11.3. The van der Waals surface area contributed by atoms with E-state index in [1.807, 2.05) is 0 Å². The van der Waals surface area contributed by atoms with Crippen molar-refractivity contribution >= 4 is 94.7 Å². The summed E-state index contributed by atoms with van der Waals surface area (Å²) in [5.74, 6) is -10.4. The lowest BCUT2D eigenvalue weighted by molar-refractivity contribution is -0.142. The summed E-state index contributed by atoms with van der Waals surface area (Å²) in [5.41, 5.74) is 35.3. The molecule has 1 saturated heterocycles. The van der Waals surface area contributed by atoms with Crippen LogP contribution in [-0.4, -0.2) is 219 Å². The fourth-order valence-electron chi connectivity index (χ4n) is 12.7. The Hall–Kier alpha value is -12.6. The molecule has 648 valence electrons. The van der Waals surface area contributed by atoms with Gasteiger partial charge in [-0.2, -0.15) is 0 Å². The first-order valence-corrected chi connectivity index (χ1v) is 39.5. The van der Waals surface area contributed by atoms with E-state index in [1.54, 1.807) is 105 Å². The van der Waals surface area contributed by atoms with Crippen LogP contribution in [-0.2, 0) is 76.8 Å². The van der Waals surface area contributed by atoms with E-state index in [-0.39, 0.29) is 148 Å². The molecule has 1 aliphatic rings. The largest absolute Gasteiger partial charge is 0.490 e. The number of benzene rings is 3. The van der Waals surface area contributed by atoms with E-state index < -0.39 is 155 Å². The summed E-state index contributed by atoms with van der Waals surface area (Å²) in [7, 11) is 0. The molecular weight excluding hydrogens is 1520 g/mol. The Balaban J connectivity index is 1.69. The number of guanidine groups is 4. The molecule has 0 radical (unpaired) electrons. The lowest BCUT2D eigenvalue weighted by atomic mass is 10.00. The van der Waals surface area contributed by atoms with Gasteiger partial charge in [0.25, 0.3) is 0 Å². The number of nitrogens with one attached hydrogen (secondary N) is 18. The highest BCUT2D eigenvalue weighted by Gasteiger charge is 2.41. The van der Waals surface area contributed by atoms with Crippen LogP contribution < -0.4 is 118 Å². The SMILES string of the molecule is C=CCOc1ccc(C[C@H](NC(C)=O)C(=O)N[C@@H](Cc2ccc(OCC=C)cc2)C(=O)N[C@@H](Cc2ccccc2)C(=O)N[C@@H](CCCNC(=N)N)C(=O)N[C@@H](CC(C)C)C(=O)N[C@@H](CCCNC(=N)N)C(=O)N[C@@H](CCCNC(=N)N)C(=O)N[C@H](C)C(=O)N[C@@H](CCCNC(=N)N)C(=O)N2CCC[C@H]2C(=O)N[C@@H](CCCCN)C(N)=O)cc1. The lowest BCUT2D eigenvalue weighted by Gasteiger charge is -2.30. The first-order valence-electron chi connectivity index (χ1n) is 39.5. The summed E-state index contributed by atoms with van der Waals surface area (Å²) >= 11 is 0. The van der Waals surface area contributed by atoms with Gasteiger partial charge in [0.2, 0.25) is 70.9 Å². The van der Waals surface area contributed by atoms with Crippen LogP contribution in [0.2, 0.25) is 0 Å². The van der Waals surface area contributed by atoms with Crippen LogP contribution in [0.15, 0.2) is 104 Å². The second kappa shape index (κ2) is 52.8. The first-order chi connectivity index (χ1) is 56.2. The highest BCUT2D eigenvalue weighted by atomic mass is 16.5. The van der Waals surface area contributed by atoms with Gasteiger partial charge in [-0.05, 0) is 150 Å². The molecule has 11 atom stereocenters. The second-order valence-corrected chi connectivity index (χ2v) is 29.0. The quantitative estimate of drug-likeness (QED) is 0.0120. The Morgan fingerprint density at radius 3 is 1.19 bits per heavy atom. The molecule has 118 heavy (non-hydrogen) atoms. The van der Waals surface area contributed by atoms with Crippen LogP contribution in [0.4, 0.5) is 0 Å². The Labute approximate surface area is 688 Å². The third kappa shape index (κ3) is 37.4. The summed E-state index contributed by atoms with van der Waals surface area (Å²) in [5, 5.41) is 68.7. The van der Waals surface area contributed by atoms with Crippen molar-refractivity contribution in [3.8, 4) is 11.5 Å². The summed E-state index contributed by atoms with van der Waals surface area (Å²) in [6.07, 6.45) is 4.55. The molecule has 1 aliphatic heterocycles. The number of carbonyl (C=O) groups is 12. The van der Waals surface area contributed by atoms with E-state index in [2.05, 4.69) is 87.6 Å². The number of primary amides is 1. The van der Waals surface area contributed by atoms with Crippen molar-refractivity contribution in [1.29, 1.82) is 21.6 Å². The maximum atomic E-state index is 15.2. The number of hydrogen-bond acceptors (Lipinski definition) is 19. The molecule has 0 aliphatic carbocycles. The molecule has 1 heterocycles. The van der Waals surface area contributed by atoms with E-state index in [0.717, 1.165) is 0 Å². The minimum atomic E-state index is -1.51. The van der Waals surface area contributed by atoms with Gasteiger partial charge in [-0.3, -0.25) is 79.2 Å². The zero-order chi connectivity index (χ0) is 87.2. The number of amides is 12. The number of nitrogens with two attached hydrogens (primary N) is 6. The van der Waals surface area contributed by atoms with Crippen molar-refractivity contribution in [2.45, 2.75) is 203 Å². The van der Waals surface area contributed by atoms with Gasteiger partial charge in [-0.15, -0.1) is 0 Å². The molecule has 3 aromatic carbocycles. The maximum absolute atomic E-state index is 15.2. The predicted octanol–water partition coefficient (Wildman–Crippen LogP) is -2.56. The van der Waals surface area contributed by atoms with Gasteiger partial charge in [-0.25, -0.2) is 0 Å². The molecule has 0 saturated carbocycles. The zero-order valence-corrected chi connectivity index (χ0v) is 67.8. The Morgan fingerprint density at radius 2 is 0.797 bits per heavy atom. The minimum Gasteiger partial charge on any atom is -0.490 e. The van der Waals surface area contributed by atoms with Gasteiger partial charge < -0.3 is 123 Å². The van der Waals surface area contributed by atoms with Crippen LogP contribution in [0.5, 0.6) is 11.5 Å². The van der Waals surface area contributed by atoms with Crippen molar-refractivity contribution in [1.82, 2.24) is 79.3 Å². The topological polar surface area (TPSA) is 646 Å². The van der Waals surface area contributed by atoms with E-state index in [9.17, 15) is 43.2 Å². The molecule has 0 unspecified atom stereocenters. The van der Waals surface area contributed by atoms with E-state index in [1.165, 1.54) is 18.7 Å². The third-order valence-corrected chi connectivity index (χ3v) is 18.7. The molecule has 0 aromatic heterocycles. The number of ether oxygens (including phenoxy) is 2. The van der Waals surface area contributed by atoms with E-state index >= 15 is 14.4 Å². The molecule has 3 aromatic rings. The van der Waals surface area contributed by atoms with Crippen molar-refractivity contribution in [3.05, 3.63) is 121 Å². The van der Waals surface area contributed by atoms with Gasteiger partial charge in [0.1, 0.15) is 91.2 Å². The molecule has 4 rings (SSSR count). The molecule has 1 fully saturated rings. The Kier molecular flexibility index (Phi) is 43.8. The summed E-state index contributed by atoms with van der Waals surface area (Å²) in [6, 6.07) is 7.27. The average Bonchev–Trinajstić information content (AvgIpc) is 1.43. The molecule has 0 spiro atoms. The first kappa shape index (κ1) is 97.8. The number of carbonyl (C=O) groups excluding carboxylic acids is 12. The maximum Gasteiger partial charge on any atom is 0.245 e. The molecule has 39 nitrogen and oxygen atoms in total. The summed E-state index contributed by atoms with van der Waals surface area (Å²) in [6.45, 7) is 14.5. The number of nitrogens with zero attached hydrogens (tertiary/aromatic N) is 1. The van der Waals surface area contributed by atoms with E-state index in [0.29, 0.717) is 54.0 Å². The minimum absolute atomic E-state index is 0.0134. The van der Waals surface area contributed by atoms with Crippen LogP contribution in [0.25, 0.3) is 0 Å². The molecule has 12 amide bonds. The van der Waals surface area contributed by atoms with Crippen molar-refractivity contribution in [3.63, 3.8) is 0 Å². The van der Waals surface area contributed by atoms with Crippen LogP contribution in [0.3, 0.4) is 0 Å². The van der Waals surface area contributed by atoms with Crippen molar-refractivity contribution in [2.75, 3.05) is 52.5 Å². The van der Waals surface area contributed by atoms with Gasteiger partial charge in [0.15, 0.2) is 23.8 Å². The predicted molar refractivity (Wildman–Crippen MR) is 445 cm³/mol. The normalized spacial score (nSPS) is 14.7. The summed E-state index contributed by atoms with van der Waals surface area (Å²) in [4.78, 5) is 173. The second-order valence-electron chi connectivity index (χ2n) is 29.0. The van der Waals surface area contributed by atoms with Gasteiger partial charge in [0.05, 0.1) is 0 Å². The molecule has 39 heteroatoms.